The number of hydrogen-bond acceptors (Lipinski definition) is 3. The molecule has 0 saturated heterocycles. The Morgan fingerprint density at radius 2 is 1.83 bits per heavy atom. The van der Waals surface area contributed by atoms with Crippen molar-refractivity contribution in [2.45, 2.75) is 38.0 Å². The minimum Gasteiger partial charge on any atom is -0.378 e. The molecule has 0 aromatic carbocycles. The molecule has 2 N–H and O–H groups in total. The second-order valence-electron chi connectivity index (χ2n) is 3.91. The average Bonchev–Trinajstić information content (AvgIpc) is 2.20. The smallest absolute Gasteiger partial charge is 0.155 e. The molecule has 2 atom stereocenters. The van der Waals surface area contributed by atoms with E-state index in [1.165, 1.54) is 11.1 Å². The van der Waals surface area contributed by atoms with Crippen molar-refractivity contribution in [2.24, 2.45) is 10.7 Å². The van der Waals surface area contributed by atoms with Crippen molar-refractivity contribution < 1.29 is 0 Å². The summed E-state index contributed by atoms with van der Waals surface area (Å²) in [5, 5.41) is 0.733. The van der Waals surface area contributed by atoms with Gasteiger partial charge >= 0.3 is 0 Å². The van der Waals surface area contributed by atoms with E-state index in [0.717, 1.165) is 5.17 Å². The third-order valence-corrected chi connectivity index (χ3v) is 4.99. The van der Waals surface area contributed by atoms with Crippen LogP contribution in [-0.2, 0) is 0 Å². The number of nitrogens with zero attached hydrogens (tertiary/aromatic N) is 1. The Morgan fingerprint density at radius 3 is 2.33 bits per heavy atom. The van der Waals surface area contributed by atoms with Crippen LogP contribution >= 0.6 is 11.8 Å². The van der Waals surface area contributed by atoms with Crippen LogP contribution in [0.3, 0.4) is 0 Å². The fraction of sp³-hybridized carbons (Fsp3) is 0.667. The van der Waals surface area contributed by atoms with Gasteiger partial charge in [0.15, 0.2) is 5.17 Å². The molecule has 0 radical (unpaired) electrons. The van der Waals surface area contributed by atoms with Gasteiger partial charge in [-0.1, -0.05) is 17.3 Å². The topological polar surface area (TPSA) is 38.4 Å². The van der Waals surface area contributed by atoms with Gasteiger partial charge in [0.2, 0.25) is 0 Å². The van der Waals surface area contributed by atoms with Crippen molar-refractivity contribution in [1.29, 1.82) is 0 Å². The summed E-state index contributed by atoms with van der Waals surface area (Å²) >= 11 is 1.70. The maximum absolute atomic E-state index is 5.74. The van der Waals surface area contributed by atoms with E-state index in [9.17, 15) is 0 Å². The van der Waals surface area contributed by atoms with Gasteiger partial charge in [0.25, 0.3) is 0 Å². The van der Waals surface area contributed by atoms with Gasteiger partial charge in [-0.25, -0.2) is 0 Å². The average molecular weight is 182 g/mol. The Morgan fingerprint density at radius 1 is 1.25 bits per heavy atom. The monoisotopic (exact) mass is 182 g/mol. The molecular weight excluding hydrogens is 168 g/mol. The minimum atomic E-state index is -0.0220. The molecule has 0 unspecified atom stereocenters. The molecule has 1 heterocycles. The Hall–Kier alpha value is -0.440. The highest BCUT2D eigenvalue weighted by molar-refractivity contribution is 8.15. The number of fused-ring (bicyclic) bond motifs is 1. The predicted molar refractivity (Wildman–Crippen MR) is 54.4 cm³/mol. The highest BCUT2D eigenvalue weighted by Gasteiger charge is 2.60. The zero-order valence-electron chi connectivity index (χ0n) is 7.93. The molecule has 66 valence electrons. The number of nitrogens with two attached hydrogens (primary N) is 1. The van der Waals surface area contributed by atoms with Gasteiger partial charge < -0.3 is 5.73 Å². The van der Waals surface area contributed by atoms with E-state index in [4.69, 9.17) is 5.73 Å². The second-order valence-corrected chi connectivity index (χ2v) is 5.35. The fourth-order valence-electron chi connectivity index (χ4n) is 2.20. The molecule has 1 aliphatic heterocycles. The minimum absolute atomic E-state index is 0.0220. The molecule has 0 amide bonds. The summed E-state index contributed by atoms with van der Waals surface area (Å²) in [6, 6.07) is 0. The maximum Gasteiger partial charge on any atom is 0.155 e. The summed E-state index contributed by atoms with van der Waals surface area (Å²) in [5.74, 6) is 0. The van der Waals surface area contributed by atoms with Crippen LogP contribution in [0.15, 0.2) is 16.1 Å². The lowest BCUT2D eigenvalue weighted by Crippen LogP contribution is -2.54. The Labute approximate surface area is 77.3 Å². The molecule has 2 aliphatic rings. The largest absolute Gasteiger partial charge is 0.378 e. The van der Waals surface area contributed by atoms with E-state index in [0.29, 0.717) is 0 Å². The molecule has 1 aliphatic carbocycles. The molecule has 2 rings (SSSR count). The Balaban J connectivity index is 2.53. The first-order valence-electron chi connectivity index (χ1n) is 4.14. The lowest BCUT2D eigenvalue weighted by molar-refractivity contribution is 0.401. The molecule has 0 fully saturated rings. The van der Waals surface area contributed by atoms with Crippen LogP contribution in [0.25, 0.3) is 0 Å². The highest BCUT2D eigenvalue weighted by Crippen LogP contribution is 2.60. The molecular formula is C9H14N2S. The standard InChI is InChI=1S/C9H14N2S/c1-5-6(2)9(4)8(5,3)11-7(10)12-9/h1-4H3,(H2,10,11)/t8-,9-/m1/s1. The van der Waals surface area contributed by atoms with Crippen LogP contribution in [0.5, 0.6) is 0 Å². The summed E-state index contributed by atoms with van der Waals surface area (Å²) in [6.45, 7) is 8.73. The molecule has 0 aromatic rings. The van der Waals surface area contributed by atoms with Crippen LogP contribution in [0, 0.1) is 0 Å². The van der Waals surface area contributed by atoms with Gasteiger partial charge in [-0.05, 0) is 33.3 Å². The summed E-state index contributed by atoms with van der Waals surface area (Å²) in [4.78, 5) is 4.49. The van der Waals surface area contributed by atoms with E-state index in [1.807, 2.05) is 0 Å². The fourth-order valence-corrected chi connectivity index (χ4v) is 3.55. The molecule has 0 spiro atoms. The maximum atomic E-state index is 5.74. The zero-order chi connectivity index (χ0) is 9.15. The van der Waals surface area contributed by atoms with Crippen molar-refractivity contribution in [1.82, 2.24) is 0 Å². The first-order chi connectivity index (χ1) is 5.42. The Kier molecular flexibility index (Phi) is 1.29. The number of rotatable bonds is 0. The lowest BCUT2D eigenvalue weighted by Gasteiger charge is -2.50. The van der Waals surface area contributed by atoms with E-state index in [-0.39, 0.29) is 10.3 Å². The van der Waals surface area contributed by atoms with Crippen molar-refractivity contribution >= 4 is 16.9 Å². The van der Waals surface area contributed by atoms with E-state index in [2.05, 4.69) is 32.7 Å². The van der Waals surface area contributed by atoms with Crippen LogP contribution in [0.2, 0.25) is 0 Å². The number of amidine groups is 1. The van der Waals surface area contributed by atoms with Crippen molar-refractivity contribution in [2.75, 3.05) is 0 Å². The van der Waals surface area contributed by atoms with Crippen LogP contribution in [0.1, 0.15) is 27.7 Å². The normalized spacial score (nSPS) is 45.5. The summed E-state index contributed by atoms with van der Waals surface area (Å²) in [6.07, 6.45) is 0. The third kappa shape index (κ3) is 0.586. The highest BCUT2D eigenvalue weighted by atomic mass is 32.2. The number of thioether (sulfide) groups is 1. The second kappa shape index (κ2) is 1.90. The van der Waals surface area contributed by atoms with Crippen molar-refractivity contribution in [3.05, 3.63) is 11.1 Å². The number of hydrogen-bond donors (Lipinski definition) is 1. The zero-order valence-corrected chi connectivity index (χ0v) is 8.75. The summed E-state index contributed by atoms with van der Waals surface area (Å²) in [7, 11) is 0. The molecule has 0 saturated carbocycles. The number of aliphatic imine (C=N–C) groups is 1. The first-order valence-corrected chi connectivity index (χ1v) is 4.96. The molecule has 0 bridgehead atoms. The van der Waals surface area contributed by atoms with Gasteiger partial charge in [0.1, 0.15) is 5.54 Å². The quantitative estimate of drug-likeness (QED) is 0.581. The molecule has 2 nitrogen and oxygen atoms in total. The van der Waals surface area contributed by atoms with Gasteiger partial charge in [0.05, 0.1) is 4.75 Å². The molecule has 0 aromatic heterocycles. The van der Waals surface area contributed by atoms with Crippen molar-refractivity contribution in [3.63, 3.8) is 0 Å². The summed E-state index contributed by atoms with van der Waals surface area (Å²) < 4.78 is 0.140. The SMILES string of the molecule is CC1=C(C)[C@@]2(C)SC(N)=N[C@]12C. The van der Waals surface area contributed by atoms with Gasteiger partial charge in [-0.3, -0.25) is 4.99 Å². The third-order valence-electron chi connectivity index (χ3n) is 3.58. The first kappa shape index (κ1) is 8.17. The van der Waals surface area contributed by atoms with Crippen LogP contribution in [-0.4, -0.2) is 15.5 Å². The lowest BCUT2D eigenvalue weighted by atomic mass is 9.64. The van der Waals surface area contributed by atoms with Gasteiger partial charge in [0, 0.05) is 0 Å². The van der Waals surface area contributed by atoms with Crippen molar-refractivity contribution in [3.8, 4) is 0 Å². The van der Waals surface area contributed by atoms with Gasteiger partial charge in [-0.2, -0.15) is 0 Å². The van der Waals surface area contributed by atoms with Gasteiger partial charge in [-0.15, -0.1) is 0 Å². The summed E-state index contributed by atoms with van der Waals surface area (Å²) in [5.41, 5.74) is 8.55. The molecule has 3 heteroatoms. The predicted octanol–water partition coefficient (Wildman–Crippen LogP) is 1.92. The molecule has 12 heavy (non-hydrogen) atoms. The Bertz CT molecular complexity index is 318. The van der Waals surface area contributed by atoms with Crippen LogP contribution < -0.4 is 5.73 Å². The van der Waals surface area contributed by atoms with E-state index < -0.39 is 0 Å². The van der Waals surface area contributed by atoms with E-state index >= 15 is 0 Å². The van der Waals surface area contributed by atoms with E-state index in [1.54, 1.807) is 11.8 Å². The van der Waals surface area contributed by atoms with Crippen LogP contribution in [0.4, 0.5) is 0 Å².